The first-order valence-electron chi connectivity index (χ1n) is 18.5. The van der Waals surface area contributed by atoms with Crippen LogP contribution in [0.3, 0.4) is 0 Å². The number of allylic oxidation sites excluding steroid dienone is 4. The highest BCUT2D eigenvalue weighted by atomic mass is 16.5. The van der Waals surface area contributed by atoms with E-state index in [-0.39, 0.29) is 47.1 Å². The topological polar surface area (TPSA) is 99.1 Å². The van der Waals surface area contributed by atoms with Crippen molar-refractivity contribution in [3.8, 4) is 5.75 Å². The Morgan fingerprint density at radius 1 is 0.959 bits per heavy atom. The lowest BCUT2D eigenvalue weighted by molar-refractivity contribution is -0.174. The summed E-state index contributed by atoms with van der Waals surface area (Å²) in [5.41, 5.74) is -0.168. The second-order valence-corrected chi connectivity index (χ2v) is 16.4. The fraction of sp³-hybridized carbons (Fsp3) is 0.571. The zero-order chi connectivity index (χ0) is 34.8. The predicted octanol–water partition coefficient (Wildman–Crippen LogP) is 7.65. The number of carbonyl (C=O) groups is 2. The maximum absolute atomic E-state index is 14.8. The van der Waals surface area contributed by atoms with Crippen molar-refractivity contribution in [1.29, 1.82) is 0 Å². The molecule has 49 heavy (non-hydrogen) atoms. The maximum Gasteiger partial charge on any atom is 0.317 e. The van der Waals surface area contributed by atoms with Gasteiger partial charge in [-0.25, -0.2) is 4.79 Å². The van der Waals surface area contributed by atoms with Crippen molar-refractivity contribution >= 4 is 11.8 Å². The molecule has 9 atom stereocenters. The average molecular weight is 667 g/mol. The van der Waals surface area contributed by atoms with Crippen molar-refractivity contribution in [3.05, 3.63) is 89.5 Å². The second kappa shape index (κ2) is 12.1. The normalized spacial score (nSPS) is 37.7. The molecular weight excluding hydrogens is 612 g/mol. The number of fused-ring (bicyclic) bond motifs is 1. The van der Waals surface area contributed by atoms with Gasteiger partial charge in [-0.05, 0) is 105 Å². The molecule has 0 radical (unpaired) electrons. The minimum atomic E-state index is -1.11. The zero-order valence-electron chi connectivity index (χ0n) is 29.9. The third-order valence-electron chi connectivity index (χ3n) is 14.2. The number of amides is 2. The minimum Gasteiger partial charge on any atom is -0.497 e. The van der Waals surface area contributed by atoms with Crippen LogP contribution >= 0.6 is 0 Å². The fourth-order valence-electron chi connectivity index (χ4n) is 11.4. The van der Waals surface area contributed by atoms with Gasteiger partial charge in [-0.3, -0.25) is 4.79 Å². The minimum absolute atomic E-state index is 0.0187. The van der Waals surface area contributed by atoms with Gasteiger partial charge in [0.15, 0.2) is 5.78 Å². The molecule has 2 bridgehead atoms. The standard InChI is InChI=1S/C42H54N2O5/c1-6-24-44(37(47)43-28(2)29-10-8-7-9-11-29)27-41(48)21-18-35-39(41,4)20-17-34-38(3)19-16-31(45)25-40(38)22-23-42(34,35)33(26-40)36(46)30-12-14-32(49-5)15-13-30/h7-15,22-23,26,28,31,34-35,45,48H,6,16-21,24-25,27H2,1-5H3,(H,43,47)/t28-,31?,34-,35-,38-,39+,40+,41-,42-/m1/s1. The van der Waals surface area contributed by atoms with Crippen molar-refractivity contribution in [2.24, 2.45) is 33.5 Å². The number of ether oxygens (including phenoxy) is 1. The van der Waals surface area contributed by atoms with Gasteiger partial charge >= 0.3 is 6.03 Å². The van der Waals surface area contributed by atoms with E-state index in [0.717, 1.165) is 49.7 Å². The van der Waals surface area contributed by atoms with Crippen LogP contribution in [0.15, 0.2) is 78.4 Å². The molecule has 2 aromatic carbocycles. The summed E-state index contributed by atoms with van der Waals surface area (Å²) in [5.74, 6) is 0.963. The summed E-state index contributed by atoms with van der Waals surface area (Å²) in [7, 11) is 1.63. The number of hydrogen-bond donors (Lipinski definition) is 3. The molecule has 3 N–H and O–H groups in total. The highest BCUT2D eigenvalue weighted by molar-refractivity contribution is 6.10. The Kier molecular flexibility index (Phi) is 8.42. The van der Waals surface area contributed by atoms with E-state index < -0.39 is 22.5 Å². The quantitative estimate of drug-likeness (QED) is 0.189. The van der Waals surface area contributed by atoms with Crippen molar-refractivity contribution in [2.45, 2.75) is 96.8 Å². The van der Waals surface area contributed by atoms with Crippen LogP contribution in [-0.4, -0.2) is 58.8 Å². The van der Waals surface area contributed by atoms with Crippen LogP contribution in [0.4, 0.5) is 4.79 Å². The number of urea groups is 1. The van der Waals surface area contributed by atoms with Gasteiger partial charge in [0.2, 0.25) is 0 Å². The van der Waals surface area contributed by atoms with Crippen LogP contribution in [0.1, 0.15) is 101 Å². The maximum atomic E-state index is 14.8. The lowest BCUT2D eigenvalue weighted by Crippen LogP contribution is -2.67. The van der Waals surface area contributed by atoms with Crippen LogP contribution < -0.4 is 10.1 Å². The number of rotatable bonds is 9. The molecule has 6 aliphatic rings. The lowest BCUT2D eigenvalue weighted by Gasteiger charge is -2.71. The molecule has 1 unspecified atom stereocenters. The van der Waals surface area contributed by atoms with E-state index in [0.29, 0.717) is 30.7 Å². The fourth-order valence-corrected chi connectivity index (χ4v) is 11.4. The first-order valence-corrected chi connectivity index (χ1v) is 18.5. The SMILES string of the molecule is CCCN(C[C@]1(O)CC[C@H]2[C@]34C=C[C@@]5(C=C3C(=O)c3ccc(OC)cc3)CC(O)CC[C@]5(C)[C@H]4CC[C@@]21C)C(=O)N[C@H](C)c1ccccc1. The van der Waals surface area contributed by atoms with Gasteiger partial charge in [0.25, 0.3) is 0 Å². The Bertz CT molecular complexity index is 1650. The molecule has 6 aliphatic carbocycles. The number of aliphatic hydroxyl groups is 2. The van der Waals surface area contributed by atoms with Gasteiger partial charge in [0, 0.05) is 33.9 Å². The van der Waals surface area contributed by atoms with Gasteiger partial charge in [-0.2, -0.15) is 0 Å². The van der Waals surface area contributed by atoms with Crippen molar-refractivity contribution in [3.63, 3.8) is 0 Å². The number of benzene rings is 2. The van der Waals surface area contributed by atoms with Crippen LogP contribution in [0.25, 0.3) is 0 Å². The monoisotopic (exact) mass is 666 g/mol. The molecule has 0 saturated heterocycles. The first-order chi connectivity index (χ1) is 23.4. The number of Topliss-reactive ketones (excluding diaryl/α,β-unsaturated/α-hetero) is 1. The van der Waals surface area contributed by atoms with Crippen molar-refractivity contribution in [2.75, 3.05) is 20.2 Å². The van der Waals surface area contributed by atoms with E-state index >= 15 is 0 Å². The third-order valence-corrected chi connectivity index (χ3v) is 14.2. The summed E-state index contributed by atoms with van der Waals surface area (Å²) < 4.78 is 5.40. The first kappa shape index (κ1) is 34.0. The van der Waals surface area contributed by atoms with E-state index in [4.69, 9.17) is 4.74 Å². The molecule has 7 heteroatoms. The molecule has 0 heterocycles. The number of aliphatic hydroxyl groups excluding tert-OH is 1. The summed E-state index contributed by atoms with van der Waals surface area (Å²) in [5, 5.41) is 27.1. The zero-order valence-corrected chi connectivity index (χ0v) is 29.9. The number of nitrogens with one attached hydrogen (secondary N) is 1. The average Bonchev–Trinajstić information content (AvgIpc) is 3.37. The molecular formula is C42H54N2O5. The summed E-state index contributed by atoms with van der Waals surface area (Å²) in [6.45, 7) is 9.50. The lowest BCUT2D eigenvalue weighted by atomic mass is 9.32. The van der Waals surface area contributed by atoms with Gasteiger partial charge in [-0.15, -0.1) is 0 Å². The Hall–Kier alpha value is -3.42. The summed E-state index contributed by atoms with van der Waals surface area (Å²) in [6, 6.07) is 17.1. The van der Waals surface area contributed by atoms with Gasteiger partial charge in [0.05, 0.1) is 31.4 Å². The number of carbonyl (C=O) groups excluding carboxylic acids is 2. The van der Waals surface area contributed by atoms with Gasteiger partial charge in [0.1, 0.15) is 5.75 Å². The molecule has 3 saturated carbocycles. The summed E-state index contributed by atoms with van der Waals surface area (Å²) in [4.78, 5) is 30.5. The van der Waals surface area contributed by atoms with E-state index in [2.05, 4.69) is 44.3 Å². The van der Waals surface area contributed by atoms with E-state index in [1.165, 1.54) is 0 Å². The molecule has 7 nitrogen and oxygen atoms in total. The van der Waals surface area contributed by atoms with Crippen LogP contribution in [-0.2, 0) is 0 Å². The second-order valence-electron chi connectivity index (χ2n) is 16.4. The highest BCUT2D eigenvalue weighted by Gasteiger charge is 2.74. The highest BCUT2D eigenvalue weighted by Crippen LogP contribution is 2.78. The summed E-state index contributed by atoms with van der Waals surface area (Å²) >= 11 is 0. The smallest absolute Gasteiger partial charge is 0.317 e. The van der Waals surface area contributed by atoms with Crippen LogP contribution in [0.5, 0.6) is 5.75 Å². The third kappa shape index (κ3) is 4.97. The Labute approximate surface area is 291 Å². The molecule has 3 fully saturated rings. The van der Waals surface area contributed by atoms with Crippen molar-refractivity contribution < 1.29 is 24.5 Å². The Morgan fingerprint density at radius 2 is 1.63 bits per heavy atom. The molecule has 8 rings (SSSR count). The molecule has 262 valence electrons. The van der Waals surface area contributed by atoms with Gasteiger partial charge in [-0.1, -0.05) is 69.3 Å². The molecule has 0 aliphatic heterocycles. The van der Waals surface area contributed by atoms with E-state index in [1.807, 2.05) is 66.4 Å². The molecule has 2 amide bonds. The predicted molar refractivity (Wildman–Crippen MR) is 191 cm³/mol. The Balaban J connectivity index is 1.26. The van der Waals surface area contributed by atoms with E-state index in [9.17, 15) is 19.8 Å². The van der Waals surface area contributed by atoms with Crippen LogP contribution in [0.2, 0.25) is 0 Å². The van der Waals surface area contributed by atoms with Gasteiger partial charge < -0.3 is 25.2 Å². The summed E-state index contributed by atoms with van der Waals surface area (Å²) in [6.07, 6.45) is 12.7. The molecule has 2 spiro atoms. The molecule has 0 aromatic heterocycles. The van der Waals surface area contributed by atoms with Crippen molar-refractivity contribution in [1.82, 2.24) is 10.2 Å². The number of hydrogen-bond acceptors (Lipinski definition) is 5. The number of methoxy groups -OCH3 is 1. The Morgan fingerprint density at radius 3 is 2.33 bits per heavy atom. The molecule has 2 aromatic rings. The largest absolute Gasteiger partial charge is 0.497 e. The number of ketones is 1. The van der Waals surface area contributed by atoms with Crippen LogP contribution in [0, 0.1) is 33.5 Å². The van der Waals surface area contributed by atoms with E-state index in [1.54, 1.807) is 7.11 Å². The number of nitrogens with zero attached hydrogens (tertiary/aromatic N) is 1.